The summed E-state index contributed by atoms with van der Waals surface area (Å²) in [7, 11) is 0. The van der Waals surface area contributed by atoms with Crippen LogP contribution < -0.4 is 4.90 Å². The standard InChI is InChI=1S/C12H16N4O2S2/c1-3-5-7-19-11-14-13-10(20-11)16-9(17)8-15(6-4-2)12(16)18/h2,9,17H,3,5-8H2,1H3. The largest absolute Gasteiger partial charge is 0.371 e. The molecular weight excluding hydrogens is 296 g/mol. The van der Waals surface area contributed by atoms with Crippen LogP contribution in [-0.4, -0.2) is 51.3 Å². The highest BCUT2D eigenvalue weighted by atomic mass is 32.2. The van der Waals surface area contributed by atoms with Crippen molar-refractivity contribution in [2.45, 2.75) is 30.3 Å². The van der Waals surface area contributed by atoms with Crippen molar-refractivity contribution in [3.63, 3.8) is 0 Å². The van der Waals surface area contributed by atoms with Crippen LogP contribution in [0.3, 0.4) is 0 Å². The predicted octanol–water partition coefficient (Wildman–Crippen LogP) is 1.62. The van der Waals surface area contributed by atoms with Crippen LogP contribution in [0.2, 0.25) is 0 Å². The Bertz CT molecular complexity index is 514. The molecule has 2 heterocycles. The number of aliphatic hydroxyl groups is 1. The number of carbonyl (C=O) groups excluding carboxylic acids is 1. The highest BCUT2D eigenvalue weighted by Gasteiger charge is 2.38. The van der Waals surface area contributed by atoms with E-state index in [1.807, 2.05) is 0 Å². The van der Waals surface area contributed by atoms with Gasteiger partial charge in [0.2, 0.25) is 5.13 Å². The molecule has 1 aliphatic heterocycles. The van der Waals surface area contributed by atoms with Crippen LogP contribution in [-0.2, 0) is 0 Å². The van der Waals surface area contributed by atoms with Crippen LogP contribution in [0.5, 0.6) is 0 Å². The lowest BCUT2D eigenvalue weighted by atomic mass is 10.4. The van der Waals surface area contributed by atoms with Gasteiger partial charge in [0.05, 0.1) is 13.1 Å². The van der Waals surface area contributed by atoms with Crippen molar-refractivity contribution in [3.05, 3.63) is 0 Å². The number of hydrogen-bond donors (Lipinski definition) is 1. The van der Waals surface area contributed by atoms with E-state index in [0.29, 0.717) is 5.13 Å². The average molecular weight is 312 g/mol. The van der Waals surface area contributed by atoms with Crippen molar-refractivity contribution < 1.29 is 9.90 Å². The second kappa shape index (κ2) is 6.92. The van der Waals surface area contributed by atoms with Gasteiger partial charge >= 0.3 is 6.03 Å². The van der Waals surface area contributed by atoms with Gasteiger partial charge in [-0.05, 0) is 6.42 Å². The third-order valence-electron chi connectivity index (χ3n) is 2.77. The molecule has 1 unspecified atom stereocenters. The maximum absolute atomic E-state index is 12.1. The van der Waals surface area contributed by atoms with E-state index in [9.17, 15) is 9.90 Å². The number of aliphatic hydroxyl groups excluding tert-OH is 1. The molecule has 8 heteroatoms. The number of unbranched alkanes of at least 4 members (excludes halogenated alkanes) is 1. The number of nitrogens with zero attached hydrogens (tertiary/aromatic N) is 4. The minimum atomic E-state index is -0.919. The minimum Gasteiger partial charge on any atom is -0.371 e. The average Bonchev–Trinajstić information content (AvgIpc) is 2.96. The summed E-state index contributed by atoms with van der Waals surface area (Å²) in [5.41, 5.74) is 0. The van der Waals surface area contributed by atoms with Crippen LogP contribution in [0.25, 0.3) is 0 Å². The molecule has 20 heavy (non-hydrogen) atoms. The lowest BCUT2D eigenvalue weighted by Gasteiger charge is -2.14. The third kappa shape index (κ3) is 3.23. The smallest absolute Gasteiger partial charge is 0.329 e. The molecule has 0 spiro atoms. The van der Waals surface area contributed by atoms with E-state index in [-0.39, 0.29) is 19.1 Å². The number of amides is 2. The number of aromatic nitrogens is 2. The molecule has 108 valence electrons. The van der Waals surface area contributed by atoms with Crippen molar-refractivity contribution in [1.29, 1.82) is 0 Å². The summed E-state index contributed by atoms with van der Waals surface area (Å²) in [4.78, 5) is 14.8. The van der Waals surface area contributed by atoms with Crippen molar-refractivity contribution in [1.82, 2.24) is 15.1 Å². The maximum atomic E-state index is 12.1. The van der Waals surface area contributed by atoms with Crippen LogP contribution in [0.1, 0.15) is 19.8 Å². The Morgan fingerprint density at radius 2 is 2.40 bits per heavy atom. The van der Waals surface area contributed by atoms with Crippen LogP contribution in [0, 0.1) is 12.3 Å². The molecule has 0 radical (unpaired) electrons. The van der Waals surface area contributed by atoms with Gasteiger partial charge in [0.1, 0.15) is 0 Å². The van der Waals surface area contributed by atoms with Gasteiger partial charge in [-0.25, -0.2) is 9.69 Å². The van der Waals surface area contributed by atoms with Gasteiger partial charge in [-0.2, -0.15) is 0 Å². The first-order valence-corrected chi connectivity index (χ1v) is 8.13. The van der Waals surface area contributed by atoms with Crippen LogP contribution in [0.15, 0.2) is 4.34 Å². The number of rotatable bonds is 6. The zero-order valence-electron chi connectivity index (χ0n) is 11.2. The summed E-state index contributed by atoms with van der Waals surface area (Å²) < 4.78 is 0.809. The van der Waals surface area contributed by atoms with E-state index in [0.717, 1.165) is 22.9 Å². The second-order valence-corrected chi connectivity index (χ2v) is 6.57. The van der Waals surface area contributed by atoms with Gasteiger partial charge in [-0.15, -0.1) is 16.6 Å². The number of thioether (sulfide) groups is 1. The summed E-state index contributed by atoms with van der Waals surface area (Å²) >= 11 is 2.93. The zero-order valence-corrected chi connectivity index (χ0v) is 12.8. The Balaban J connectivity index is 2.04. The lowest BCUT2D eigenvalue weighted by Crippen LogP contribution is -2.34. The van der Waals surface area contributed by atoms with E-state index >= 15 is 0 Å². The number of hydrogen-bond acceptors (Lipinski definition) is 6. The number of carbonyl (C=O) groups is 1. The van der Waals surface area contributed by atoms with Gasteiger partial charge < -0.3 is 10.0 Å². The predicted molar refractivity (Wildman–Crippen MR) is 79.8 cm³/mol. The normalized spacial score (nSPS) is 18.6. The monoisotopic (exact) mass is 312 g/mol. The van der Waals surface area contributed by atoms with E-state index in [1.54, 1.807) is 11.8 Å². The van der Waals surface area contributed by atoms with Crippen LogP contribution >= 0.6 is 23.1 Å². The molecule has 6 nitrogen and oxygen atoms in total. The molecule has 0 aromatic carbocycles. The van der Waals surface area contributed by atoms with E-state index in [4.69, 9.17) is 6.42 Å². The molecule has 0 saturated carbocycles. The molecule has 1 atom stereocenters. The molecule has 1 aliphatic rings. The first-order chi connectivity index (χ1) is 9.67. The molecule has 1 fully saturated rings. The first-order valence-electron chi connectivity index (χ1n) is 6.33. The zero-order chi connectivity index (χ0) is 14.5. The minimum absolute atomic E-state index is 0.184. The number of anilines is 1. The Labute approximate surface area is 126 Å². The molecule has 2 rings (SSSR count). The van der Waals surface area contributed by atoms with Gasteiger partial charge in [0, 0.05) is 5.75 Å². The first kappa shape index (κ1) is 15.1. The Kier molecular flexibility index (Phi) is 5.23. The van der Waals surface area contributed by atoms with Gasteiger partial charge in [-0.1, -0.05) is 42.4 Å². The molecule has 1 N–H and O–H groups in total. The molecular formula is C12H16N4O2S2. The van der Waals surface area contributed by atoms with Crippen molar-refractivity contribution in [2.75, 3.05) is 23.7 Å². The highest BCUT2D eigenvalue weighted by molar-refractivity contribution is 8.01. The van der Waals surface area contributed by atoms with Crippen LogP contribution in [0.4, 0.5) is 9.93 Å². The summed E-state index contributed by atoms with van der Waals surface area (Å²) in [5, 5.41) is 18.4. The summed E-state index contributed by atoms with van der Waals surface area (Å²) in [5.74, 6) is 3.38. The molecule has 1 aromatic heterocycles. The fraction of sp³-hybridized carbons (Fsp3) is 0.583. The number of urea groups is 1. The molecule has 1 saturated heterocycles. The third-order valence-corrected chi connectivity index (χ3v) is 4.91. The molecule has 0 aliphatic carbocycles. The van der Waals surface area contributed by atoms with E-state index in [1.165, 1.54) is 21.1 Å². The summed E-state index contributed by atoms with van der Waals surface area (Å²) in [6.07, 6.45) is 6.52. The van der Waals surface area contributed by atoms with Crippen molar-refractivity contribution >= 4 is 34.3 Å². The fourth-order valence-corrected chi connectivity index (χ4v) is 3.78. The molecule has 0 bridgehead atoms. The van der Waals surface area contributed by atoms with Crippen molar-refractivity contribution in [3.8, 4) is 12.3 Å². The Hall–Kier alpha value is -1.30. The van der Waals surface area contributed by atoms with Crippen molar-refractivity contribution in [2.24, 2.45) is 0 Å². The topological polar surface area (TPSA) is 69.6 Å². The Morgan fingerprint density at radius 1 is 1.60 bits per heavy atom. The van der Waals surface area contributed by atoms with Gasteiger partial charge in [-0.3, -0.25) is 0 Å². The summed E-state index contributed by atoms with van der Waals surface area (Å²) in [6, 6.07) is -0.322. The SMILES string of the molecule is C#CCN1CC(O)N(c2nnc(SCCCC)s2)C1=O. The fourth-order valence-electron chi connectivity index (χ4n) is 1.75. The van der Waals surface area contributed by atoms with Gasteiger partial charge in [0.25, 0.3) is 0 Å². The Morgan fingerprint density at radius 3 is 3.10 bits per heavy atom. The van der Waals surface area contributed by atoms with Gasteiger partial charge in [0.15, 0.2) is 10.6 Å². The number of terminal acetylenes is 1. The quantitative estimate of drug-likeness (QED) is 0.374. The van der Waals surface area contributed by atoms with E-state index < -0.39 is 6.23 Å². The van der Waals surface area contributed by atoms with E-state index in [2.05, 4.69) is 23.0 Å². The highest BCUT2D eigenvalue weighted by Crippen LogP contribution is 2.31. The maximum Gasteiger partial charge on any atom is 0.329 e. The second-order valence-electron chi connectivity index (χ2n) is 4.27. The summed E-state index contributed by atoms with van der Waals surface area (Å²) in [6.45, 7) is 2.51. The molecule has 1 aromatic rings. The molecule has 2 amide bonds. The lowest BCUT2D eigenvalue weighted by molar-refractivity contribution is 0.181. The number of β-amino-alcohol motifs (C(OH)–C–C–N with tert-alkyl or cyclic N) is 1.